The fourth-order valence-electron chi connectivity index (χ4n) is 2.05. The fraction of sp³-hybridized carbons (Fsp3) is 0.333. The summed E-state index contributed by atoms with van der Waals surface area (Å²) in [4.78, 5) is 0. The zero-order valence-corrected chi connectivity index (χ0v) is 7.29. The normalized spacial score (nSPS) is 30.5. The van der Waals surface area contributed by atoms with Gasteiger partial charge in [0.15, 0.2) is 0 Å². The van der Waals surface area contributed by atoms with E-state index in [-0.39, 0.29) is 0 Å². The molecule has 0 aromatic heterocycles. The van der Waals surface area contributed by atoms with Crippen LogP contribution in [0.2, 0.25) is 0 Å². The molecule has 0 saturated carbocycles. The Labute approximate surface area is 74.0 Å². The molecule has 0 radical (unpaired) electrons. The maximum Gasteiger partial charge on any atom is -0.00110 e. The van der Waals surface area contributed by atoms with Crippen LogP contribution in [0.5, 0.6) is 0 Å². The molecule has 0 saturated heterocycles. The van der Waals surface area contributed by atoms with Gasteiger partial charge in [0.1, 0.15) is 0 Å². The third-order valence-corrected chi connectivity index (χ3v) is 2.74. The maximum absolute atomic E-state index is 3.94. The van der Waals surface area contributed by atoms with Gasteiger partial charge < -0.3 is 0 Å². The Morgan fingerprint density at radius 2 is 2.42 bits per heavy atom. The molecule has 0 aromatic rings. The first-order valence-corrected chi connectivity index (χ1v) is 4.48. The van der Waals surface area contributed by atoms with Gasteiger partial charge in [0.2, 0.25) is 0 Å². The zero-order chi connectivity index (χ0) is 8.55. The molecular formula is C12H14. The number of hydrogen-bond acceptors (Lipinski definition) is 0. The van der Waals surface area contributed by atoms with Gasteiger partial charge in [-0.1, -0.05) is 48.6 Å². The molecule has 62 valence electrons. The van der Waals surface area contributed by atoms with Crippen molar-refractivity contribution in [2.24, 2.45) is 11.8 Å². The Morgan fingerprint density at radius 1 is 1.58 bits per heavy atom. The van der Waals surface area contributed by atoms with Crippen molar-refractivity contribution in [3.8, 4) is 0 Å². The topological polar surface area (TPSA) is 0 Å². The summed E-state index contributed by atoms with van der Waals surface area (Å²) >= 11 is 0. The first-order chi connectivity index (χ1) is 5.79. The first-order valence-electron chi connectivity index (χ1n) is 4.48. The van der Waals surface area contributed by atoms with Gasteiger partial charge in [-0.3, -0.25) is 0 Å². The molecule has 2 rings (SSSR count). The van der Waals surface area contributed by atoms with Crippen LogP contribution in [0.15, 0.2) is 48.6 Å². The van der Waals surface area contributed by atoms with Crippen LogP contribution >= 0.6 is 0 Å². The second-order valence-electron chi connectivity index (χ2n) is 3.67. The molecule has 2 bridgehead atoms. The Kier molecular flexibility index (Phi) is 1.76. The lowest BCUT2D eigenvalue weighted by molar-refractivity contribution is 0.705. The van der Waals surface area contributed by atoms with Crippen LogP contribution in [0.1, 0.15) is 12.8 Å². The fourth-order valence-corrected chi connectivity index (χ4v) is 2.05. The number of rotatable bonds is 3. The van der Waals surface area contributed by atoms with Crippen molar-refractivity contribution in [3.63, 3.8) is 0 Å². The van der Waals surface area contributed by atoms with Crippen LogP contribution in [-0.2, 0) is 0 Å². The number of fused-ring (bicyclic) bond motifs is 2. The minimum Gasteiger partial charge on any atom is -0.0988 e. The highest BCUT2D eigenvalue weighted by Crippen LogP contribution is 2.40. The summed E-state index contributed by atoms with van der Waals surface area (Å²) in [6.45, 7) is 7.66. The van der Waals surface area contributed by atoms with Crippen molar-refractivity contribution in [1.29, 1.82) is 0 Å². The molecule has 0 amide bonds. The summed E-state index contributed by atoms with van der Waals surface area (Å²) in [5.74, 6) is 1.44. The van der Waals surface area contributed by atoms with Crippen molar-refractivity contribution < 1.29 is 0 Å². The minimum absolute atomic E-state index is 0.715. The van der Waals surface area contributed by atoms with Crippen molar-refractivity contribution in [2.45, 2.75) is 12.8 Å². The lowest BCUT2D eigenvalue weighted by Crippen LogP contribution is -1.93. The maximum atomic E-state index is 3.94. The Morgan fingerprint density at radius 3 is 2.92 bits per heavy atom. The molecule has 0 aliphatic heterocycles. The van der Waals surface area contributed by atoms with Crippen LogP contribution in [-0.4, -0.2) is 0 Å². The van der Waals surface area contributed by atoms with E-state index in [0.29, 0.717) is 5.92 Å². The molecular weight excluding hydrogens is 144 g/mol. The van der Waals surface area contributed by atoms with Crippen molar-refractivity contribution in [2.75, 3.05) is 0 Å². The van der Waals surface area contributed by atoms with E-state index in [9.17, 15) is 0 Å². The lowest BCUT2D eigenvalue weighted by Gasteiger charge is -2.09. The predicted molar refractivity (Wildman–Crippen MR) is 52.8 cm³/mol. The third-order valence-electron chi connectivity index (χ3n) is 2.74. The van der Waals surface area contributed by atoms with E-state index in [2.05, 4.69) is 31.4 Å². The molecule has 0 spiro atoms. The van der Waals surface area contributed by atoms with Crippen LogP contribution < -0.4 is 0 Å². The van der Waals surface area contributed by atoms with E-state index >= 15 is 0 Å². The summed E-state index contributed by atoms with van der Waals surface area (Å²) < 4.78 is 0. The molecule has 2 unspecified atom stereocenters. The molecule has 0 aromatic carbocycles. The van der Waals surface area contributed by atoms with E-state index in [1.54, 1.807) is 5.57 Å². The van der Waals surface area contributed by atoms with Crippen LogP contribution in [0.25, 0.3) is 0 Å². The lowest BCUT2D eigenvalue weighted by atomic mass is 9.96. The highest BCUT2D eigenvalue weighted by Gasteiger charge is 2.27. The van der Waals surface area contributed by atoms with E-state index in [4.69, 9.17) is 0 Å². The number of allylic oxidation sites excluding steroid dienone is 6. The van der Waals surface area contributed by atoms with Crippen LogP contribution in [0.3, 0.4) is 0 Å². The molecule has 0 fully saturated rings. The average molecular weight is 158 g/mol. The monoisotopic (exact) mass is 158 g/mol. The van der Waals surface area contributed by atoms with Gasteiger partial charge in [0.25, 0.3) is 0 Å². The summed E-state index contributed by atoms with van der Waals surface area (Å²) in [5, 5.41) is 0. The van der Waals surface area contributed by atoms with Crippen LogP contribution in [0, 0.1) is 11.8 Å². The Balaban J connectivity index is 2.04. The van der Waals surface area contributed by atoms with E-state index in [1.807, 2.05) is 6.08 Å². The molecule has 2 aliphatic rings. The Bertz CT molecular complexity index is 278. The molecule has 0 heterocycles. The smallest absolute Gasteiger partial charge is 0.00110 e. The van der Waals surface area contributed by atoms with E-state index < -0.39 is 0 Å². The zero-order valence-electron chi connectivity index (χ0n) is 7.29. The van der Waals surface area contributed by atoms with Crippen molar-refractivity contribution in [3.05, 3.63) is 48.6 Å². The van der Waals surface area contributed by atoms with Crippen molar-refractivity contribution >= 4 is 0 Å². The largest absolute Gasteiger partial charge is 0.0988 e. The third kappa shape index (κ3) is 1.18. The highest BCUT2D eigenvalue weighted by molar-refractivity contribution is 5.34. The Hall–Kier alpha value is -1.04. The van der Waals surface area contributed by atoms with Gasteiger partial charge in [-0.25, -0.2) is 0 Å². The van der Waals surface area contributed by atoms with Gasteiger partial charge in [-0.05, 0) is 24.7 Å². The van der Waals surface area contributed by atoms with Gasteiger partial charge >= 0.3 is 0 Å². The van der Waals surface area contributed by atoms with E-state index in [0.717, 1.165) is 17.9 Å². The molecule has 12 heavy (non-hydrogen) atoms. The second-order valence-corrected chi connectivity index (χ2v) is 3.67. The van der Waals surface area contributed by atoms with Gasteiger partial charge in [-0.15, -0.1) is 0 Å². The predicted octanol–water partition coefficient (Wildman–Crippen LogP) is 3.25. The van der Waals surface area contributed by atoms with Crippen molar-refractivity contribution in [1.82, 2.24) is 0 Å². The molecule has 2 atom stereocenters. The van der Waals surface area contributed by atoms with Crippen LogP contribution in [0.4, 0.5) is 0 Å². The molecule has 0 N–H and O–H groups in total. The van der Waals surface area contributed by atoms with Gasteiger partial charge in [-0.2, -0.15) is 0 Å². The second kappa shape index (κ2) is 2.78. The van der Waals surface area contributed by atoms with Gasteiger partial charge in [0.05, 0.1) is 0 Å². The van der Waals surface area contributed by atoms with E-state index in [1.165, 1.54) is 6.42 Å². The molecule has 2 aliphatic carbocycles. The van der Waals surface area contributed by atoms with Gasteiger partial charge in [0, 0.05) is 0 Å². The number of hydrogen-bond donors (Lipinski definition) is 0. The summed E-state index contributed by atoms with van der Waals surface area (Å²) in [7, 11) is 0. The molecule has 0 heteroatoms. The quantitative estimate of drug-likeness (QED) is 0.437. The average Bonchev–Trinajstić information content (AvgIpc) is 2.64. The highest BCUT2D eigenvalue weighted by atomic mass is 14.3. The molecule has 0 nitrogen and oxygen atoms in total. The summed E-state index contributed by atoms with van der Waals surface area (Å²) in [6.07, 6.45) is 11.2. The summed E-state index contributed by atoms with van der Waals surface area (Å²) in [5.41, 5.74) is 2.69. The first kappa shape index (κ1) is 7.60. The minimum atomic E-state index is 0.715. The summed E-state index contributed by atoms with van der Waals surface area (Å²) in [6, 6.07) is 0. The standard InChI is InChI=1S/C12H14/c1-3-9(2)6-12-8-10-4-5-11(12)7-10/h3-5,8,10-11H,1-2,6-7H2. The SMILES string of the molecule is C=CC(=C)CC1=CC2C=CC1C2.